The van der Waals surface area contributed by atoms with Gasteiger partial charge in [0, 0.05) is 20.2 Å². The summed E-state index contributed by atoms with van der Waals surface area (Å²) < 4.78 is 4.99. The molecule has 1 amide bonds. The van der Waals surface area contributed by atoms with Crippen LogP contribution in [0.5, 0.6) is 0 Å². The number of rotatable bonds is 0. The molecule has 1 saturated heterocycles. The number of hydrogen-bond acceptors (Lipinski definition) is 2. The molecule has 0 unspecified atom stereocenters. The van der Waals surface area contributed by atoms with E-state index in [2.05, 4.69) is 0 Å². The van der Waals surface area contributed by atoms with Crippen molar-refractivity contribution in [3.05, 3.63) is 0 Å². The van der Waals surface area contributed by atoms with Crippen molar-refractivity contribution in [2.24, 2.45) is 0 Å². The molecule has 0 saturated carbocycles. The summed E-state index contributed by atoms with van der Waals surface area (Å²) in [6.45, 7) is 1.81. The zero-order valence-corrected chi connectivity index (χ0v) is 5.59. The van der Waals surface area contributed by atoms with Gasteiger partial charge < -0.3 is 9.64 Å². The minimum atomic E-state index is 0. The molecule has 0 aromatic heterocycles. The molecule has 0 radical (unpaired) electrons. The first-order valence-electron chi connectivity index (χ1n) is 3.12. The molecule has 3 nitrogen and oxygen atoms in total. The molecule has 1 aliphatic rings. The molecule has 0 aromatic rings. The summed E-state index contributed by atoms with van der Waals surface area (Å²) in [4.78, 5) is 12.5. The summed E-state index contributed by atoms with van der Waals surface area (Å²) in [5, 5.41) is 0. The van der Waals surface area contributed by atoms with Crippen LogP contribution >= 0.6 is 0 Å². The Morgan fingerprint density at radius 1 is 1.60 bits per heavy atom. The van der Waals surface area contributed by atoms with Gasteiger partial charge in [-0.2, -0.15) is 0 Å². The van der Waals surface area contributed by atoms with Gasteiger partial charge in [0.15, 0.2) is 0 Å². The number of amides is 1. The summed E-state index contributed by atoms with van der Waals surface area (Å²) in [5.74, 6) is 0.0903. The molecule has 1 heterocycles. The molecule has 0 atom stereocenters. The predicted molar refractivity (Wildman–Crippen MR) is 39.8 cm³/mol. The second-order valence-electron chi connectivity index (χ2n) is 2.22. The molecule has 0 spiro atoms. The van der Waals surface area contributed by atoms with Crippen LogP contribution in [0.1, 0.15) is 13.8 Å². The SMILES string of the molecule is C.CN1CCCOCC1=O. The Hall–Kier alpha value is -0.570. The topological polar surface area (TPSA) is 29.5 Å². The third-order valence-corrected chi connectivity index (χ3v) is 1.43. The van der Waals surface area contributed by atoms with E-state index in [9.17, 15) is 4.79 Å². The van der Waals surface area contributed by atoms with Crippen LogP contribution in [0.4, 0.5) is 0 Å². The smallest absolute Gasteiger partial charge is 0.248 e. The van der Waals surface area contributed by atoms with Gasteiger partial charge in [-0.15, -0.1) is 0 Å². The van der Waals surface area contributed by atoms with Gasteiger partial charge in [-0.25, -0.2) is 0 Å². The van der Waals surface area contributed by atoms with Gasteiger partial charge >= 0.3 is 0 Å². The van der Waals surface area contributed by atoms with Crippen molar-refractivity contribution in [2.45, 2.75) is 13.8 Å². The van der Waals surface area contributed by atoms with E-state index in [0.29, 0.717) is 0 Å². The minimum Gasteiger partial charge on any atom is -0.372 e. The third kappa shape index (κ3) is 2.35. The van der Waals surface area contributed by atoms with Crippen LogP contribution in [0.3, 0.4) is 0 Å². The quantitative estimate of drug-likeness (QED) is 0.497. The van der Waals surface area contributed by atoms with Gasteiger partial charge in [0.1, 0.15) is 6.61 Å². The number of carbonyl (C=O) groups excluding carboxylic acids is 1. The fourth-order valence-corrected chi connectivity index (χ4v) is 0.798. The number of hydrogen-bond donors (Lipinski definition) is 0. The lowest BCUT2D eigenvalue weighted by atomic mass is 10.4. The summed E-state index contributed by atoms with van der Waals surface area (Å²) in [6.07, 6.45) is 0.961. The highest BCUT2D eigenvalue weighted by molar-refractivity contribution is 5.77. The maximum Gasteiger partial charge on any atom is 0.248 e. The fraction of sp³-hybridized carbons (Fsp3) is 0.857. The summed E-state index contributed by atoms with van der Waals surface area (Å²) in [6, 6.07) is 0. The lowest BCUT2D eigenvalue weighted by molar-refractivity contribution is -0.132. The van der Waals surface area contributed by atoms with Crippen molar-refractivity contribution in [2.75, 3.05) is 26.8 Å². The monoisotopic (exact) mass is 145 g/mol. The zero-order valence-electron chi connectivity index (χ0n) is 5.59. The molecule has 1 aliphatic heterocycles. The molecule has 10 heavy (non-hydrogen) atoms. The largest absolute Gasteiger partial charge is 0.372 e. The van der Waals surface area contributed by atoms with Crippen molar-refractivity contribution in [1.82, 2.24) is 4.90 Å². The molecule has 0 N–H and O–H groups in total. The molecule has 1 rings (SSSR count). The Bertz CT molecular complexity index is 114. The normalized spacial score (nSPS) is 19.7. The van der Waals surface area contributed by atoms with E-state index in [1.54, 1.807) is 11.9 Å². The standard InChI is InChI=1S/C6H11NO2.CH4/c1-7-3-2-4-9-5-6(7)8;/h2-5H2,1H3;1H4. The molecule has 0 aliphatic carbocycles. The van der Waals surface area contributed by atoms with Crippen LogP contribution in [-0.2, 0) is 9.53 Å². The fourth-order valence-electron chi connectivity index (χ4n) is 0.798. The van der Waals surface area contributed by atoms with E-state index >= 15 is 0 Å². The van der Waals surface area contributed by atoms with Gasteiger partial charge in [0.25, 0.3) is 0 Å². The van der Waals surface area contributed by atoms with E-state index in [-0.39, 0.29) is 19.9 Å². The first-order valence-corrected chi connectivity index (χ1v) is 3.12. The average molecular weight is 145 g/mol. The lowest BCUT2D eigenvalue weighted by Crippen LogP contribution is -2.28. The maximum absolute atomic E-state index is 10.8. The Morgan fingerprint density at radius 3 is 3.00 bits per heavy atom. The first kappa shape index (κ1) is 9.43. The van der Waals surface area contributed by atoms with Crippen LogP contribution in [0.15, 0.2) is 0 Å². The predicted octanol–water partition coefficient (Wildman–Crippen LogP) is 0.501. The van der Waals surface area contributed by atoms with Crippen molar-refractivity contribution >= 4 is 5.91 Å². The van der Waals surface area contributed by atoms with Crippen molar-refractivity contribution in [3.63, 3.8) is 0 Å². The highest BCUT2D eigenvalue weighted by atomic mass is 16.5. The zero-order chi connectivity index (χ0) is 6.69. The van der Waals surface area contributed by atoms with Gasteiger partial charge in [0.05, 0.1) is 0 Å². The van der Waals surface area contributed by atoms with E-state index in [0.717, 1.165) is 19.6 Å². The molecule has 60 valence electrons. The Morgan fingerprint density at radius 2 is 2.30 bits per heavy atom. The number of ether oxygens (including phenoxy) is 1. The highest BCUT2D eigenvalue weighted by Gasteiger charge is 2.11. The lowest BCUT2D eigenvalue weighted by Gasteiger charge is -2.10. The highest BCUT2D eigenvalue weighted by Crippen LogP contribution is 1.95. The summed E-state index contributed by atoms with van der Waals surface area (Å²) in [5.41, 5.74) is 0. The third-order valence-electron chi connectivity index (χ3n) is 1.43. The van der Waals surface area contributed by atoms with Crippen LogP contribution in [0.2, 0.25) is 0 Å². The Kier molecular flexibility index (Phi) is 4.03. The van der Waals surface area contributed by atoms with Gasteiger partial charge in [0.2, 0.25) is 5.91 Å². The van der Waals surface area contributed by atoms with Crippen molar-refractivity contribution in [3.8, 4) is 0 Å². The minimum absolute atomic E-state index is 0. The number of likely N-dealkylation sites (N-methyl/N-ethyl adjacent to an activating group) is 1. The molecular formula is C7H15NO2. The Balaban J connectivity index is 0.000000810. The Labute approximate surface area is 62.0 Å². The second-order valence-corrected chi connectivity index (χ2v) is 2.22. The molecule has 0 bridgehead atoms. The summed E-state index contributed by atoms with van der Waals surface area (Å²) >= 11 is 0. The van der Waals surface area contributed by atoms with Crippen LogP contribution in [0, 0.1) is 0 Å². The molecule has 3 heteroatoms. The van der Waals surface area contributed by atoms with Crippen LogP contribution in [0.25, 0.3) is 0 Å². The van der Waals surface area contributed by atoms with Crippen molar-refractivity contribution < 1.29 is 9.53 Å². The molecule has 0 aromatic carbocycles. The second kappa shape index (κ2) is 4.28. The van der Waals surface area contributed by atoms with E-state index in [1.807, 2.05) is 0 Å². The maximum atomic E-state index is 10.8. The number of nitrogens with zero attached hydrogens (tertiary/aromatic N) is 1. The van der Waals surface area contributed by atoms with Gasteiger partial charge in [-0.3, -0.25) is 4.79 Å². The summed E-state index contributed by atoms with van der Waals surface area (Å²) in [7, 11) is 1.80. The van der Waals surface area contributed by atoms with Gasteiger partial charge in [-0.1, -0.05) is 7.43 Å². The van der Waals surface area contributed by atoms with E-state index < -0.39 is 0 Å². The van der Waals surface area contributed by atoms with Crippen molar-refractivity contribution in [1.29, 1.82) is 0 Å². The molecular weight excluding hydrogens is 130 g/mol. The van der Waals surface area contributed by atoms with E-state index in [4.69, 9.17) is 4.74 Å². The van der Waals surface area contributed by atoms with Crippen LogP contribution in [-0.4, -0.2) is 37.6 Å². The van der Waals surface area contributed by atoms with Gasteiger partial charge in [-0.05, 0) is 6.42 Å². The number of carbonyl (C=O) groups is 1. The average Bonchev–Trinajstić information content (AvgIpc) is 1.99. The van der Waals surface area contributed by atoms with E-state index in [1.165, 1.54) is 0 Å². The first-order chi connectivity index (χ1) is 4.30. The molecule has 1 fully saturated rings. The van der Waals surface area contributed by atoms with Crippen LogP contribution < -0.4 is 0 Å².